The van der Waals surface area contributed by atoms with Crippen LogP contribution in [0.4, 0.5) is 14.5 Å². The van der Waals surface area contributed by atoms with Gasteiger partial charge >= 0.3 is 7.12 Å². The molecule has 1 aromatic rings. The van der Waals surface area contributed by atoms with Crippen molar-refractivity contribution in [2.24, 2.45) is 5.73 Å². The zero-order chi connectivity index (χ0) is 16.7. The van der Waals surface area contributed by atoms with Crippen LogP contribution in [0.1, 0.15) is 33.3 Å². The first-order chi connectivity index (χ1) is 10.1. The molecule has 22 heavy (non-hydrogen) atoms. The van der Waals surface area contributed by atoms with Crippen LogP contribution in [0.5, 0.6) is 0 Å². The molecule has 4 N–H and O–H groups in total. The molecular formula is C15H21BF2N2O2. The molecule has 120 valence electrons. The van der Waals surface area contributed by atoms with Gasteiger partial charge in [-0.25, -0.2) is 8.78 Å². The van der Waals surface area contributed by atoms with Crippen molar-refractivity contribution in [3.63, 3.8) is 0 Å². The lowest BCUT2D eigenvalue weighted by atomic mass is 9.77. The zero-order valence-electron chi connectivity index (χ0n) is 13.2. The number of hydrogen-bond donors (Lipinski definition) is 2. The highest BCUT2D eigenvalue weighted by molar-refractivity contribution is 6.56. The predicted octanol–water partition coefficient (Wildman–Crippen LogP) is 2.52. The Morgan fingerprint density at radius 2 is 1.73 bits per heavy atom. The van der Waals surface area contributed by atoms with Gasteiger partial charge in [-0.1, -0.05) is 6.08 Å². The lowest BCUT2D eigenvalue weighted by Gasteiger charge is -2.32. The third kappa shape index (κ3) is 2.88. The molecule has 0 radical (unpaired) electrons. The van der Waals surface area contributed by atoms with Gasteiger partial charge in [0, 0.05) is 17.8 Å². The van der Waals surface area contributed by atoms with Crippen LogP contribution in [0, 0.1) is 11.6 Å². The fourth-order valence-corrected chi connectivity index (χ4v) is 2.13. The van der Waals surface area contributed by atoms with Gasteiger partial charge in [0.05, 0.1) is 11.2 Å². The van der Waals surface area contributed by atoms with Gasteiger partial charge in [0.15, 0.2) is 11.6 Å². The number of rotatable bonds is 3. The molecule has 0 atom stereocenters. The summed E-state index contributed by atoms with van der Waals surface area (Å²) >= 11 is 0. The first-order valence-electron chi connectivity index (χ1n) is 7.08. The van der Waals surface area contributed by atoms with Crippen molar-refractivity contribution in [1.82, 2.24) is 0 Å². The minimum atomic E-state index is -1.01. The summed E-state index contributed by atoms with van der Waals surface area (Å²) in [6.45, 7) is 7.68. The van der Waals surface area contributed by atoms with Crippen molar-refractivity contribution in [2.45, 2.75) is 38.9 Å². The van der Waals surface area contributed by atoms with Crippen LogP contribution in [0.2, 0.25) is 0 Å². The number of nitrogens with two attached hydrogens (primary N) is 2. The van der Waals surface area contributed by atoms with Crippen LogP contribution in [0.3, 0.4) is 0 Å². The summed E-state index contributed by atoms with van der Waals surface area (Å²) in [5.74, 6) is -1.98. The summed E-state index contributed by atoms with van der Waals surface area (Å²) in [5.41, 5.74) is 10.9. The number of benzene rings is 1. The maximum Gasteiger partial charge on any atom is 0.491 e. The van der Waals surface area contributed by atoms with E-state index < -0.39 is 30.0 Å². The zero-order valence-corrected chi connectivity index (χ0v) is 13.2. The molecule has 0 bridgehead atoms. The van der Waals surface area contributed by atoms with Gasteiger partial charge in [-0.2, -0.15) is 0 Å². The van der Waals surface area contributed by atoms with Gasteiger partial charge in [0.1, 0.15) is 0 Å². The van der Waals surface area contributed by atoms with Crippen molar-refractivity contribution >= 4 is 18.9 Å². The van der Waals surface area contributed by atoms with E-state index in [4.69, 9.17) is 20.8 Å². The van der Waals surface area contributed by atoms with E-state index in [1.807, 2.05) is 27.7 Å². The van der Waals surface area contributed by atoms with E-state index in [2.05, 4.69) is 0 Å². The summed E-state index contributed by atoms with van der Waals surface area (Å²) < 4.78 is 39.1. The van der Waals surface area contributed by atoms with Crippen LogP contribution in [-0.4, -0.2) is 24.9 Å². The number of halogens is 2. The van der Waals surface area contributed by atoms with Crippen molar-refractivity contribution in [2.75, 3.05) is 12.3 Å². The summed E-state index contributed by atoms with van der Waals surface area (Å²) in [4.78, 5) is 0. The molecule has 1 heterocycles. The van der Waals surface area contributed by atoms with Gasteiger partial charge in [-0.3, -0.25) is 0 Å². The molecule has 0 aromatic heterocycles. The molecule has 2 rings (SSSR count). The Balaban J connectivity index is 2.40. The van der Waals surface area contributed by atoms with Gasteiger partial charge in [-0.15, -0.1) is 0 Å². The van der Waals surface area contributed by atoms with Crippen LogP contribution in [0.15, 0.2) is 17.6 Å². The SMILES string of the molecule is CC1(C)OB(C(=Cc2c(N)ccc(F)c2F)CN)OC1(C)C. The normalized spacial score (nSPS) is 20.5. The van der Waals surface area contributed by atoms with Gasteiger partial charge in [0.2, 0.25) is 0 Å². The first-order valence-corrected chi connectivity index (χ1v) is 7.08. The number of nitrogen functional groups attached to an aromatic ring is 1. The van der Waals surface area contributed by atoms with Crippen LogP contribution >= 0.6 is 0 Å². The molecule has 0 amide bonds. The molecule has 0 spiro atoms. The summed E-state index contributed by atoms with van der Waals surface area (Å²) in [5, 5.41) is 0. The molecule has 1 aliphatic heterocycles. The molecule has 7 heteroatoms. The van der Waals surface area contributed by atoms with E-state index in [1.165, 1.54) is 12.1 Å². The van der Waals surface area contributed by atoms with E-state index in [9.17, 15) is 8.78 Å². The second-order valence-electron chi connectivity index (χ2n) is 6.38. The van der Waals surface area contributed by atoms with Gasteiger partial charge < -0.3 is 20.8 Å². The summed E-state index contributed by atoms with van der Waals surface area (Å²) in [7, 11) is -0.725. The standard InChI is InChI=1S/C15H21BF2N2O2/c1-14(2)15(3,4)22-16(21-14)9(8-19)7-10-12(20)6-5-11(17)13(10)18/h5-7H,8,19-20H2,1-4H3. The smallest absolute Gasteiger partial charge is 0.400 e. The van der Waals surface area contributed by atoms with Crippen LogP contribution in [-0.2, 0) is 9.31 Å². The Kier molecular flexibility index (Phi) is 4.34. The van der Waals surface area contributed by atoms with Crippen molar-refractivity contribution < 1.29 is 18.1 Å². The summed E-state index contributed by atoms with van der Waals surface area (Å²) in [6, 6.07) is 2.29. The average molecular weight is 310 g/mol. The first kappa shape index (κ1) is 16.9. The van der Waals surface area contributed by atoms with Crippen LogP contribution in [0.25, 0.3) is 6.08 Å². The second-order valence-corrected chi connectivity index (χ2v) is 6.38. The second kappa shape index (κ2) is 5.64. The monoisotopic (exact) mass is 310 g/mol. The molecule has 0 saturated carbocycles. The van der Waals surface area contributed by atoms with E-state index >= 15 is 0 Å². The fourth-order valence-electron chi connectivity index (χ4n) is 2.13. The third-order valence-electron chi connectivity index (χ3n) is 4.29. The lowest BCUT2D eigenvalue weighted by molar-refractivity contribution is 0.00578. The third-order valence-corrected chi connectivity index (χ3v) is 4.29. The predicted molar refractivity (Wildman–Crippen MR) is 83.9 cm³/mol. The maximum absolute atomic E-state index is 13.9. The van der Waals surface area contributed by atoms with Gasteiger partial charge in [-0.05, 0) is 45.3 Å². The topological polar surface area (TPSA) is 70.5 Å². The Labute approximate surface area is 129 Å². The Morgan fingerprint density at radius 1 is 1.18 bits per heavy atom. The molecule has 1 fully saturated rings. The highest BCUT2D eigenvalue weighted by atomic mass is 19.2. The van der Waals surface area contributed by atoms with E-state index in [0.29, 0.717) is 5.47 Å². The number of anilines is 1. The fraction of sp³-hybridized carbons (Fsp3) is 0.467. The van der Waals surface area contributed by atoms with E-state index in [0.717, 1.165) is 6.07 Å². The summed E-state index contributed by atoms with van der Waals surface area (Å²) in [6.07, 6.45) is 1.40. The van der Waals surface area contributed by atoms with Crippen molar-refractivity contribution in [3.05, 3.63) is 34.8 Å². The van der Waals surface area contributed by atoms with Crippen molar-refractivity contribution in [1.29, 1.82) is 0 Å². The van der Waals surface area contributed by atoms with Gasteiger partial charge in [0.25, 0.3) is 0 Å². The molecule has 4 nitrogen and oxygen atoms in total. The molecule has 1 aliphatic rings. The Hall–Kier alpha value is -1.44. The largest absolute Gasteiger partial charge is 0.491 e. The van der Waals surface area contributed by atoms with E-state index in [1.54, 1.807) is 0 Å². The molecule has 1 aromatic carbocycles. The highest BCUT2D eigenvalue weighted by Gasteiger charge is 2.52. The van der Waals surface area contributed by atoms with Crippen LogP contribution < -0.4 is 11.5 Å². The molecule has 1 saturated heterocycles. The quantitative estimate of drug-likeness (QED) is 0.665. The maximum atomic E-state index is 13.9. The minimum absolute atomic E-state index is 0.0461. The lowest BCUT2D eigenvalue weighted by Crippen LogP contribution is -2.41. The highest BCUT2D eigenvalue weighted by Crippen LogP contribution is 2.39. The molecular weight excluding hydrogens is 289 g/mol. The Morgan fingerprint density at radius 3 is 2.23 bits per heavy atom. The average Bonchev–Trinajstić information content (AvgIpc) is 2.63. The van der Waals surface area contributed by atoms with Crippen molar-refractivity contribution in [3.8, 4) is 0 Å². The number of hydrogen-bond acceptors (Lipinski definition) is 4. The Bertz CT molecular complexity index is 602. The molecule has 0 unspecified atom stereocenters. The van der Waals surface area contributed by atoms with E-state index in [-0.39, 0.29) is 17.8 Å². The minimum Gasteiger partial charge on any atom is -0.400 e. The molecule has 0 aliphatic carbocycles.